The van der Waals surface area contributed by atoms with Gasteiger partial charge in [-0.2, -0.15) is 0 Å². The Hall–Kier alpha value is -3.02. The highest BCUT2D eigenvalue weighted by molar-refractivity contribution is 5.95. The van der Waals surface area contributed by atoms with Crippen molar-refractivity contribution in [3.8, 4) is 0 Å². The molecule has 0 aliphatic carbocycles. The Labute approximate surface area is 184 Å². The summed E-state index contributed by atoms with van der Waals surface area (Å²) in [5.74, 6) is -0.326. The molecule has 1 saturated heterocycles. The second-order valence-electron chi connectivity index (χ2n) is 8.89. The SMILES string of the molecule is CN(C(=O)OC(C)(C)C)C1CCN(c2ccccc2C(=O)OCc2ccccc2)CC1. The number of carbonyl (C=O) groups excluding carboxylic acids is 2. The minimum Gasteiger partial charge on any atom is -0.457 e. The first-order valence-electron chi connectivity index (χ1n) is 10.8. The van der Waals surface area contributed by atoms with Gasteiger partial charge in [-0.25, -0.2) is 9.59 Å². The average Bonchev–Trinajstić information content (AvgIpc) is 2.76. The van der Waals surface area contributed by atoms with Gasteiger partial charge in [0.05, 0.1) is 11.3 Å². The molecule has 166 valence electrons. The maximum atomic E-state index is 12.8. The molecule has 0 spiro atoms. The van der Waals surface area contributed by atoms with E-state index in [1.807, 2.05) is 75.4 Å². The van der Waals surface area contributed by atoms with Crippen LogP contribution in [0.1, 0.15) is 49.5 Å². The molecule has 1 fully saturated rings. The lowest BCUT2D eigenvalue weighted by Gasteiger charge is -2.38. The highest BCUT2D eigenvalue weighted by Gasteiger charge is 2.29. The Morgan fingerprint density at radius 1 is 1.00 bits per heavy atom. The fraction of sp³-hybridized carbons (Fsp3) is 0.440. The van der Waals surface area contributed by atoms with Crippen molar-refractivity contribution < 1.29 is 19.1 Å². The highest BCUT2D eigenvalue weighted by Crippen LogP contribution is 2.27. The van der Waals surface area contributed by atoms with Crippen LogP contribution < -0.4 is 4.90 Å². The molecule has 0 N–H and O–H groups in total. The Balaban J connectivity index is 1.61. The van der Waals surface area contributed by atoms with Gasteiger partial charge >= 0.3 is 12.1 Å². The molecule has 1 amide bonds. The van der Waals surface area contributed by atoms with Crippen molar-refractivity contribution in [2.45, 2.75) is 51.9 Å². The monoisotopic (exact) mass is 424 g/mol. The number of ether oxygens (including phenoxy) is 2. The number of rotatable bonds is 5. The number of piperidine rings is 1. The maximum Gasteiger partial charge on any atom is 0.410 e. The summed E-state index contributed by atoms with van der Waals surface area (Å²) in [4.78, 5) is 29.0. The average molecular weight is 425 g/mol. The first-order valence-corrected chi connectivity index (χ1v) is 10.8. The summed E-state index contributed by atoms with van der Waals surface area (Å²) >= 11 is 0. The van der Waals surface area contributed by atoms with Crippen LogP contribution in [0.3, 0.4) is 0 Å². The van der Waals surface area contributed by atoms with E-state index in [1.165, 1.54) is 0 Å². The van der Waals surface area contributed by atoms with Gasteiger partial charge in [0.2, 0.25) is 0 Å². The summed E-state index contributed by atoms with van der Waals surface area (Å²) in [6, 6.07) is 17.3. The van der Waals surface area contributed by atoms with E-state index in [-0.39, 0.29) is 24.7 Å². The minimum absolute atomic E-state index is 0.114. The summed E-state index contributed by atoms with van der Waals surface area (Å²) in [5, 5.41) is 0. The van der Waals surface area contributed by atoms with E-state index in [2.05, 4.69) is 4.90 Å². The van der Waals surface area contributed by atoms with Crippen LogP contribution in [0, 0.1) is 0 Å². The molecule has 0 radical (unpaired) electrons. The normalized spacial score (nSPS) is 14.8. The van der Waals surface area contributed by atoms with Crippen LogP contribution in [-0.2, 0) is 16.1 Å². The predicted molar refractivity (Wildman–Crippen MR) is 121 cm³/mol. The number of anilines is 1. The van der Waals surface area contributed by atoms with Crippen molar-refractivity contribution in [2.75, 3.05) is 25.0 Å². The molecule has 2 aromatic carbocycles. The quantitative estimate of drug-likeness (QED) is 0.641. The van der Waals surface area contributed by atoms with Crippen LogP contribution in [0.2, 0.25) is 0 Å². The molecule has 2 aromatic rings. The number of amides is 1. The minimum atomic E-state index is -0.509. The molecule has 31 heavy (non-hydrogen) atoms. The van der Waals surface area contributed by atoms with E-state index in [1.54, 1.807) is 11.9 Å². The number of hydrogen-bond donors (Lipinski definition) is 0. The Morgan fingerprint density at radius 2 is 1.61 bits per heavy atom. The molecule has 0 saturated carbocycles. The predicted octanol–water partition coefficient (Wildman–Crippen LogP) is 4.88. The van der Waals surface area contributed by atoms with Gasteiger partial charge in [-0.3, -0.25) is 0 Å². The summed E-state index contributed by atoms with van der Waals surface area (Å²) in [6.45, 7) is 7.36. The van der Waals surface area contributed by atoms with Gasteiger partial charge < -0.3 is 19.3 Å². The van der Waals surface area contributed by atoms with E-state index in [0.29, 0.717) is 5.56 Å². The largest absolute Gasteiger partial charge is 0.457 e. The molecular weight excluding hydrogens is 392 g/mol. The van der Waals surface area contributed by atoms with Gasteiger partial charge in [-0.05, 0) is 51.3 Å². The fourth-order valence-corrected chi connectivity index (χ4v) is 3.70. The van der Waals surface area contributed by atoms with Crippen LogP contribution in [-0.4, -0.2) is 48.7 Å². The van der Waals surface area contributed by atoms with Gasteiger partial charge in [-0.15, -0.1) is 0 Å². The highest BCUT2D eigenvalue weighted by atomic mass is 16.6. The molecule has 6 nitrogen and oxygen atoms in total. The fourth-order valence-electron chi connectivity index (χ4n) is 3.70. The van der Waals surface area contributed by atoms with Crippen molar-refractivity contribution in [2.24, 2.45) is 0 Å². The molecule has 1 aliphatic heterocycles. The summed E-state index contributed by atoms with van der Waals surface area (Å²) in [5.41, 5.74) is 1.89. The van der Waals surface area contributed by atoms with Crippen LogP contribution in [0.25, 0.3) is 0 Å². The number of hydrogen-bond acceptors (Lipinski definition) is 5. The lowest BCUT2D eigenvalue weighted by atomic mass is 10.0. The van der Waals surface area contributed by atoms with Gasteiger partial charge in [0.1, 0.15) is 12.2 Å². The summed E-state index contributed by atoms with van der Waals surface area (Å²) in [7, 11) is 1.79. The Morgan fingerprint density at radius 3 is 2.26 bits per heavy atom. The molecule has 0 atom stereocenters. The van der Waals surface area contributed by atoms with E-state index in [9.17, 15) is 9.59 Å². The second kappa shape index (κ2) is 9.86. The third-order valence-electron chi connectivity index (χ3n) is 5.37. The number of carbonyl (C=O) groups is 2. The van der Waals surface area contributed by atoms with Gasteiger partial charge in [0.25, 0.3) is 0 Å². The van der Waals surface area contributed by atoms with Crippen molar-refractivity contribution in [1.82, 2.24) is 4.90 Å². The summed E-state index contributed by atoms with van der Waals surface area (Å²) < 4.78 is 11.0. The van der Waals surface area contributed by atoms with Crippen LogP contribution in [0.15, 0.2) is 54.6 Å². The number of para-hydroxylation sites is 1. The van der Waals surface area contributed by atoms with E-state index in [0.717, 1.165) is 37.2 Å². The van der Waals surface area contributed by atoms with Crippen LogP contribution in [0.5, 0.6) is 0 Å². The van der Waals surface area contributed by atoms with E-state index >= 15 is 0 Å². The molecule has 6 heteroatoms. The number of esters is 1. The Kier molecular flexibility index (Phi) is 7.21. The maximum absolute atomic E-state index is 12.8. The molecule has 0 bridgehead atoms. The zero-order valence-corrected chi connectivity index (χ0v) is 18.8. The van der Waals surface area contributed by atoms with E-state index < -0.39 is 5.60 Å². The first-order chi connectivity index (χ1) is 14.7. The van der Waals surface area contributed by atoms with Gasteiger partial charge in [-0.1, -0.05) is 42.5 Å². The molecule has 3 rings (SSSR count). The Bertz CT molecular complexity index is 884. The number of nitrogens with zero attached hydrogens (tertiary/aromatic N) is 2. The zero-order chi connectivity index (χ0) is 22.4. The molecule has 0 aromatic heterocycles. The topological polar surface area (TPSA) is 59.1 Å². The molecular formula is C25H32N2O4. The van der Waals surface area contributed by atoms with Gasteiger partial charge in [0, 0.05) is 26.2 Å². The molecule has 1 aliphatic rings. The third kappa shape index (κ3) is 6.23. The van der Waals surface area contributed by atoms with Crippen molar-refractivity contribution in [3.05, 3.63) is 65.7 Å². The third-order valence-corrected chi connectivity index (χ3v) is 5.37. The number of benzene rings is 2. The lowest BCUT2D eigenvalue weighted by Crippen LogP contribution is -2.47. The van der Waals surface area contributed by atoms with Crippen molar-refractivity contribution >= 4 is 17.7 Å². The summed E-state index contributed by atoms with van der Waals surface area (Å²) in [6.07, 6.45) is 1.32. The first kappa shape index (κ1) is 22.7. The lowest BCUT2D eigenvalue weighted by molar-refractivity contribution is 0.0201. The molecule has 0 unspecified atom stereocenters. The van der Waals surface area contributed by atoms with Crippen molar-refractivity contribution in [1.29, 1.82) is 0 Å². The molecule has 1 heterocycles. The van der Waals surface area contributed by atoms with Gasteiger partial charge in [0.15, 0.2) is 0 Å². The standard InChI is InChI=1S/C25H32N2O4/c1-25(2,3)31-24(29)26(4)20-14-16-27(17-15-20)22-13-9-8-12-21(22)23(28)30-18-19-10-6-5-7-11-19/h5-13,20H,14-18H2,1-4H3. The van der Waals surface area contributed by atoms with Crippen LogP contribution >= 0.6 is 0 Å². The van der Waals surface area contributed by atoms with Crippen LogP contribution in [0.4, 0.5) is 10.5 Å². The second-order valence-corrected chi connectivity index (χ2v) is 8.89. The zero-order valence-electron chi connectivity index (χ0n) is 18.8. The van der Waals surface area contributed by atoms with E-state index in [4.69, 9.17) is 9.47 Å². The smallest absolute Gasteiger partial charge is 0.410 e. The van der Waals surface area contributed by atoms with Crippen molar-refractivity contribution in [3.63, 3.8) is 0 Å².